The van der Waals surface area contributed by atoms with Gasteiger partial charge in [-0.1, -0.05) is 6.07 Å². The Morgan fingerprint density at radius 3 is 2.71 bits per heavy atom. The first-order valence-corrected chi connectivity index (χ1v) is 7.49. The van der Waals surface area contributed by atoms with Crippen molar-refractivity contribution in [2.45, 2.75) is 20.0 Å². The van der Waals surface area contributed by atoms with Crippen LogP contribution in [0, 0.1) is 0 Å². The van der Waals surface area contributed by atoms with Crippen LogP contribution in [0.25, 0.3) is 6.08 Å². The minimum Gasteiger partial charge on any atom is -0.496 e. The summed E-state index contributed by atoms with van der Waals surface area (Å²) in [6, 6.07) is 11.0. The Morgan fingerprint density at radius 1 is 1.21 bits per heavy atom. The van der Waals surface area contributed by atoms with Crippen molar-refractivity contribution in [2.75, 3.05) is 7.11 Å². The molecule has 0 saturated carbocycles. The van der Waals surface area contributed by atoms with Gasteiger partial charge in [-0.15, -0.1) is 0 Å². The van der Waals surface area contributed by atoms with Crippen molar-refractivity contribution < 1.29 is 19.1 Å². The number of hydrogen-bond donors (Lipinski definition) is 0. The Labute approximate surface area is 140 Å². The summed E-state index contributed by atoms with van der Waals surface area (Å²) in [5.74, 6) is 0.833. The average Bonchev–Trinajstić information content (AvgIpc) is 2.58. The number of allylic oxidation sites excluding steroid dienone is 1. The molecule has 1 heterocycles. The molecule has 0 unspecified atom stereocenters. The normalized spacial score (nSPS) is 10.6. The summed E-state index contributed by atoms with van der Waals surface area (Å²) in [6.07, 6.45) is 4.63. The molecule has 0 aliphatic rings. The molecule has 0 fully saturated rings. The summed E-state index contributed by atoms with van der Waals surface area (Å²) < 4.78 is 11.0. The van der Waals surface area contributed by atoms with Crippen LogP contribution in [0.5, 0.6) is 11.5 Å². The topological polar surface area (TPSA) is 65.5 Å². The summed E-state index contributed by atoms with van der Waals surface area (Å²) in [5.41, 5.74) is 1.56. The highest BCUT2D eigenvalue weighted by molar-refractivity contribution is 6.05. The molecule has 5 heteroatoms. The minimum absolute atomic E-state index is 0.0932. The average molecular weight is 325 g/mol. The maximum absolute atomic E-state index is 11.6. The van der Waals surface area contributed by atoms with Crippen LogP contribution in [0.2, 0.25) is 0 Å². The summed E-state index contributed by atoms with van der Waals surface area (Å²) in [5, 5.41) is 0. The predicted octanol–water partition coefficient (Wildman–Crippen LogP) is 3.23. The first kappa shape index (κ1) is 17.4. The molecule has 1 aromatic carbocycles. The highest BCUT2D eigenvalue weighted by Crippen LogP contribution is 2.26. The number of pyridine rings is 1. The number of carbonyl (C=O) groups is 2. The quantitative estimate of drug-likeness (QED) is 0.551. The zero-order valence-electron chi connectivity index (χ0n) is 13.7. The van der Waals surface area contributed by atoms with Gasteiger partial charge >= 0.3 is 0 Å². The Morgan fingerprint density at radius 2 is 2.04 bits per heavy atom. The Hall–Kier alpha value is -2.95. The smallest absolute Gasteiger partial charge is 0.163 e. The molecule has 0 N–H and O–H groups in total. The molecular formula is C19H19NO4. The predicted molar refractivity (Wildman–Crippen MR) is 90.9 cm³/mol. The summed E-state index contributed by atoms with van der Waals surface area (Å²) >= 11 is 0. The van der Waals surface area contributed by atoms with Crippen molar-refractivity contribution in [3.8, 4) is 11.5 Å². The number of aromatic nitrogens is 1. The first-order valence-electron chi connectivity index (χ1n) is 7.49. The summed E-state index contributed by atoms with van der Waals surface area (Å²) in [6.45, 7) is 1.75. The van der Waals surface area contributed by atoms with E-state index in [1.165, 1.54) is 13.0 Å². The highest BCUT2D eigenvalue weighted by Gasteiger charge is 2.05. The maximum atomic E-state index is 11.6. The number of ketones is 2. The van der Waals surface area contributed by atoms with E-state index in [0.29, 0.717) is 18.1 Å². The lowest BCUT2D eigenvalue weighted by Gasteiger charge is -2.09. The lowest BCUT2D eigenvalue weighted by atomic mass is 10.1. The summed E-state index contributed by atoms with van der Waals surface area (Å²) in [7, 11) is 1.55. The lowest BCUT2D eigenvalue weighted by Crippen LogP contribution is -2.00. The van der Waals surface area contributed by atoms with Gasteiger partial charge in [-0.2, -0.15) is 0 Å². The van der Waals surface area contributed by atoms with Gasteiger partial charge < -0.3 is 9.47 Å². The zero-order valence-corrected chi connectivity index (χ0v) is 13.7. The van der Waals surface area contributed by atoms with Crippen LogP contribution in [-0.4, -0.2) is 23.7 Å². The van der Waals surface area contributed by atoms with Crippen molar-refractivity contribution in [1.29, 1.82) is 0 Å². The van der Waals surface area contributed by atoms with E-state index in [9.17, 15) is 9.59 Å². The van der Waals surface area contributed by atoms with E-state index in [4.69, 9.17) is 9.47 Å². The van der Waals surface area contributed by atoms with E-state index < -0.39 is 0 Å². The fourth-order valence-corrected chi connectivity index (χ4v) is 2.05. The number of carbonyl (C=O) groups excluding carboxylic acids is 2. The molecule has 2 rings (SSSR count). The van der Waals surface area contributed by atoms with Gasteiger partial charge in [-0.3, -0.25) is 14.6 Å². The zero-order chi connectivity index (χ0) is 17.4. The number of benzene rings is 1. The monoisotopic (exact) mass is 325 g/mol. The molecule has 24 heavy (non-hydrogen) atoms. The number of rotatable bonds is 8. The number of Topliss-reactive ketones (excluding diaryl/α,β-unsaturated/α-hetero) is 1. The Kier molecular flexibility index (Phi) is 6.25. The van der Waals surface area contributed by atoms with E-state index >= 15 is 0 Å². The van der Waals surface area contributed by atoms with Crippen LogP contribution in [0.3, 0.4) is 0 Å². The molecular weight excluding hydrogens is 306 g/mol. The van der Waals surface area contributed by atoms with Crippen molar-refractivity contribution in [1.82, 2.24) is 4.98 Å². The second-order valence-electron chi connectivity index (χ2n) is 5.19. The molecule has 0 aliphatic carbocycles. The van der Waals surface area contributed by atoms with Gasteiger partial charge in [0.25, 0.3) is 0 Å². The maximum Gasteiger partial charge on any atom is 0.163 e. The van der Waals surface area contributed by atoms with Crippen LogP contribution < -0.4 is 9.47 Å². The van der Waals surface area contributed by atoms with Crippen LogP contribution in [0.4, 0.5) is 0 Å². The molecule has 1 aromatic heterocycles. The molecule has 0 saturated heterocycles. The van der Waals surface area contributed by atoms with Gasteiger partial charge in [0.2, 0.25) is 0 Å². The van der Waals surface area contributed by atoms with Gasteiger partial charge in [0.05, 0.1) is 19.2 Å². The molecule has 2 aromatic rings. The second kappa shape index (κ2) is 8.62. The third-order valence-corrected chi connectivity index (χ3v) is 3.19. The van der Waals surface area contributed by atoms with E-state index in [1.807, 2.05) is 18.2 Å². The number of ether oxygens (including phenoxy) is 2. The molecule has 0 aliphatic heterocycles. The van der Waals surface area contributed by atoms with Crippen LogP contribution in [-0.2, 0) is 16.2 Å². The van der Waals surface area contributed by atoms with Crippen molar-refractivity contribution >= 4 is 17.6 Å². The SMILES string of the molecule is COc1cc(OCc2ccccn2)ccc1C=CC(=O)CC(C)=O. The first-order chi connectivity index (χ1) is 11.6. The second-order valence-corrected chi connectivity index (χ2v) is 5.19. The van der Waals surface area contributed by atoms with Gasteiger partial charge in [-0.05, 0) is 43.3 Å². The molecule has 0 radical (unpaired) electrons. The third kappa shape index (κ3) is 5.35. The number of nitrogens with zero attached hydrogens (tertiary/aromatic N) is 1. The molecule has 0 atom stereocenters. The largest absolute Gasteiger partial charge is 0.496 e. The Balaban J connectivity index is 2.05. The summed E-state index contributed by atoms with van der Waals surface area (Å²) in [4.78, 5) is 26.7. The van der Waals surface area contributed by atoms with E-state index in [1.54, 1.807) is 37.6 Å². The van der Waals surface area contributed by atoms with E-state index in [2.05, 4.69) is 4.98 Å². The fraction of sp³-hybridized carbons (Fsp3) is 0.211. The molecule has 5 nitrogen and oxygen atoms in total. The molecule has 0 spiro atoms. The third-order valence-electron chi connectivity index (χ3n) is 3.19. The minimum atomic E-state index is -0.236. The van der Waals surface area contributed by atoms with Gasteiger partial charge in [0, 0.05) is 17.8 Å². The number of methoxy groups -OCH3 is 1. The lowest BCUT2D eigenvalue weighted by molar-refractivity contribution is -0.123. The molecule has 124 valence electrons. The van der Waals surface area contributed by atoms with Gasteiger partial charge in [0.1, 0.15) is 23.9 Å². The van der Waals surface area contributed by atoms with Gasteiger partial charge in [-0.25, -0.2) is 0 Å². The van der Waals surface area contributed by atoms with Crippen LogP contribution >= 0.6 is 0 Å². The molecule has 0 bridgehead atoms. The van der Waals surface area contributed by atoms with Crippen molar-refractivity contribution in [2.24, 2.45) is 0 Å². The van der Waals surface area contributed by atoms with Crippen molar-refractivity contribution in [3.63, 3.8) is 0 Å². The van der Waals surface area contributed by atoms with Crippen LogP contribution in [0.1, 0.15) is 24.6 Å². The molecule has 0 amide bonds. The van der Waals surface area contributed by atoms with Gasteiger partial charge in [0.15, 0.2) is 5.78 Å². The number of hydrogen-bond acceptors (Lipinski definition) is 5. The van der Waals surface area contributed by atoms with E-state index in [0.717, 1.165) is 11.3 Å². The Bertz CT molecular complexity index is 738. The highest BCUT2D eigenvalue weighted by atomic mass is 16.5. The van der Waals surface area contributed by atoms with Crippen LogP contribution in [0.15, 0.2) is 48.7 Å². The standard InChI is InChI=1S/C19H19NO4/c1-14(21)11-17(22)8-6-15-7-9-18(12-19(15)23-2)24-13-16-5-3-4-10-20-16/h3-10,12H,11,13H2,1-2H3. The van der Waals surface area contributed by atoms with Crippen molar-refractivity contribution in [3.05, 3.63) is 59.9 Å². The van der Waals surface area contributed by atoms with E-state index in [-0.39, 0.29) is 18.0 Å². The fourth-order valence-electron chi connectivity index (χ4n) is 2.05.